The monoisotopic (exact) mass is 495 g/mol. The summed E-state index contributed by atoms with van der Waals surface area (Å²) in [6.45, 7) is 3.03. The summed E-state index contributed by atoms with van der Waals surface area (Å²) >= 11 is 0. The van der Waals surface area contributed by atoms with E-state index in [1.165, 1.54) is 7.11 Å². The highest BCUT2D eigenvalue weighted by Crippen LogP contribution is 2.27. The van der Waals surface area contributed by atoms with Crippen LogP contribution in [0.4, 0.5) is 11.4 Å². The van der Waals surface area contributed by atoms with Crippen molar-refractivity contribution in [2.45, 2.75) is 6.04 Å². The molecule has 0 radical (unpaired) electrons. The molecule has 0 aliphatic carbocycles. The molecule has 0 spiro atoms. The third-order valence-corrected chi connectivity index (χ3v) is 6.67. The van der Waals surface area contributed by atoms with Crippen LogP contribution < -0.4 is 10.2 Å². The third-order valence-electron chi connectivity index (χ3n) is 6.67. The molecule has 188 valence electrons. The van der Waals surface area contributed by atoms with Crippen molar-refractivity contribution < 1.29 is 18.7 Å². The molecule has 1 aliphatic rings. The molecular formula is C30H29N3O4. The van der Waals surface area contributed by atoms with Gasteiger partial charge in [0.05, 0.1) is 18.9 Å². The van der Waals surface area contributed by atoms with Crippen LogP contribution in [0.25, 0.3) is 11.3 Å². The Balaban J connectivity index is 1.22. The van der Waals surface area contributed by atoms with Crippen LogP contribution in [0.2, 0.25) is 0 Å². The Morgan fingerprint density at radius 2 is 1.54 bits per heavy atom. The van der Waals surface area contributed by atoms with E-state index in [0.29, 0.717) is 11.3 Å². The second-order valence-electron chi connectivity index (χ2n) is 8.88. The number of benzene rings is 3. The molecule has 2 heterocycles. The smallest absolute Gasteiger partial charge is 0.327 e. The first-order valence-electron chi connectivity index (χ1n) is 12.3. The Labute approximate surface area is 216 Å². The van der Waals surface area contributed by atoms with Gasteiger partial charge in [-0.15, -0.1) is 0 Å². The number of ether oxygens (including phenoxy) is 1. The van der Waals surface area contributed by atoms with E-state index in [4.69, 9.17) is 9.15 Å². The second-order valence-corrected chi connectivity index (χ2v) is 8.88. The van der Waals surface area contributed by atoms with Crippen molar-refractivity contribution in [3.05, 3.63) is 108 Å². The van der Waals surface area contributed by atoms with Gasteiger partial charge in [-0.3, -0.25) is 9.69 Å². The molecule has 1 N–H and O–H groups in total. The molecule has 1 atom stereocenters. The molecule has 1 amide bonds. The SMILES string of the molecule is COC(=O)C(c1ccccc1)N1CCN(c2ccc(NC(=O)c3ccccc3-c3ccco3)cc2)CC1. The lowest BCUT2D eigenvalue weighted by Gasteiger charge is -2.39. The maximum atomic E-state index is 13.0. The van der Waals surface area contributed by atoms with Gasteiger partial charge in [0.2, 0.25) is 0 Å². The molecule has 1 aromatic heterocycles. The Bertz CT molecular complexity index is 1330. The van der Waals surface area contributed by atoms with Crippen molar-refractivity contribution in [1.82, 2.24) is 4.90 Å². The molecule has 3 aromatic carbocycles. The maximum Gasteiger partial charge on any atom is 0.327 e. The molecule has 1 saturated heterocycles. The van der Waals surface area contributed by atoms with Crippen LogP contribution in [0.5, 0.6) is 0 Å². The molecule has 1 fully saturated rings. The molecule has 7 heteroatoms. The van der Waals surface area contributed by atoms with Crippen LogP contribution >= 0.6 is 0 Å². The van der Waals surface area contributed by atoms with Crippen molar-refractivity contribution in [2.75, 3.05) is 43.5 Å². The average molecular weight is 496 g/mol. The molecule has 5 rings (SSSR count). The van der Waals surface area contributed by atoms with Crippen molar-refractivity contribution in [1.29, 1.82) is 0 Å². The molecule has 37 heavy (non-hydrogen) atoms. The number of anilines is 2. The number of esters is 1. The van der Waals surface area contributed by atoms with E-state index in [2.05, 4.69) is 15.1 Å². The summed E-state index contributed by atoms with van der Waals surface area (Å²) in [5, 5.41) is 2.99. The van der Waals surface area contributed by atoms with E-state index in [0.717, 1.165) is 48.7 Å². The van der Waals surface area contributed by atoms with E-state index in [-0.39, 0.29) is 11.9 Å². The van der Waals surface area contributed by atoms with Gasteiger partial charge >= 0.3 is 5.97 Å². The number of nitrogens with zero attached hydrogens (tertiary/aromatic N) is 2. The predicted molar refractivity (Wildman–Crippen MR) is 144 cm³/mol. The number of piperazine rings is 1. The van der Waals surface area contributed by atoms with Crippen molar-refractivity contribution >= 4 is 23.3 Å². The van der Waals surface area contributed by atoms with E-state index in [9.17, 15) is 9.59 Å². The largest absolute Gasteiger partial charge is 0.468 e. The van der Waals surface area contributed by atoms with Gasteiger partial charge in [-0.25, -0.2) is 4.79 Å². The summed E-state index contributed by atoms with van der Waals surface area (Å²) in [6.07, 6.45) is 1.60. The highest BCUT2D eigenvalue weighted by molar-refractivity contribution is 6.08. The first kappa shape index (κ1) is 24.3. The summed E-state index contributed by atoms with van der Waals surface area (Å²) in [5.41, 5.74) is 4.03. The number of methoxy groups -OCH3 is 1. The number of hydrogen-bond donors (Lipinski definition) is 1. The average Bonchev–Trinajstić information content (AvgIpc) is 3.50. The summed E-state index contributed by atoms with van der Waals surface area (Å²) in [6, 6.07) is 28.2. The van der Waals surface area contributed by atoms with Crippen molar-refractivity contribution in [3.8, 4) is 11.3 Å². The van der Waals surface area contributed by atoms with Gasteiger partial charge in [0, 0.05) is 43.1 Å². The molecule has 1 unspecified atom stereocenters. The van der Waals surface area contributed by atoms with Crippen LogP contribution in [0.3, 0.4) is 0 Å². The topological polar surface area (TPSA) is 75.0 Å². The van der Waals surface area contributed by atoms with E-state index < -0.39 is 6.04 Å². The quantitative estimate of drug-likeness (QED) is 0.354. The number of amides is 1. The van der Waals surface area contributed by atoms with E-state index >= 15 is 0 Å². The van der Waals surface area contributed by atoms with Gasteiger partial charge < -0.3 is 19.4 Å². The molecule has 0 bridgehead atoms. The standard InChI is InChI=1S/C30H29N3O4/c1-36-30(35)28(22-8-3-2-4-9-22)33-19-17-32(18-20-33)24-15-13-23(14-16-24)31-29(34)26-11-6-5-10-25(26)27-12-7-21-37-27/h2-16,21,28H,17-20H2,1H3,(H,31,34). The van der Waals surface area contributed by atoms with Crippen molar-refractivity contribution in [3.63, 3.8) is 0 Å². The zero-order valence-corrected chi connectivity index (χ0v) is 20.7. The van der Waals surface area contributed by atoms with Gasteiger partial charge in [0.1, 0.15) is 11.8 Å². The highest BCUT2D eigenvalue weighted by Gasteiger charge is 2.31. The van der Waals surface area contributed by atoms with E-state index in [1.54, 1.807) is 18.4 Å². The lowest BCUT2D eigenvalue weighted by molar-refractivity contribution is -0.147. The van der Waals surface area contributed by atoms with Crippen molar-refractivity contribution in [2.24, 2.45) is 0 Å². The Morgan fingerprint density at radius 3 is 2.22 bits per heavy atom. The fraction of sp³-hybridized carbons (Fsp3) is 0.200. The zero-order valence-electron chi connectivity index (χ0n) is 20.7. The number of carbonyl (C=O) groups excluding carboxylic acids is 2. The second kappa shape index (κ2) is 11.1. The zero-order chi connectivity index (χ0) is 25.6. The molecule has 7 nitrogen and oxygen atoms in total. The third kappa shape index (κ3) is 5.42. The minimum atomic E-state index is -0.407. The number of carbonyl (C=O) groups is 2. The summed E-state index contributed by atoms with van der Waals surface area (Å²) in [5.74, 6) is 0.221. The van der Waals surface area contributed by atoms with E-state index in [1.807, 2.05) is 78.9 Å². The number of hydrogen-bond acceptors (Lipinski definition) is 6. The maximum absolute atomic E-state index is 13.0. The number of nitrogens with one attached hydrogen (secondary N) is 1. The van der Waals surface area contributed by atoms with Gasteiger partial charge in [-0.2, -0.15) is 0 Å². The Kier molecular flexibility index (Phi) is 7.33. The fourth-order valence-corrected chi connectivity index (χ4v) is 4.76. The minimum Gasteiger partial charge on any atom is -0.468 e. The lowest BCUT2D eigenvalue weighted by Crippen LogP contribution is -2.49. The van der Waals surface area contributed by atoms with Crippen LogP contribution in [-0.4, -0.2) is 50.1 Å². The van der Waals surface area contributed by atoms with Gasteiger partial charge in [-0.05, 0) is 48.0 Å². The van der Waals surface area contributed by atoms with Gasteiger partial charge in [0.25, 0.3) is 5.91 Å². The summed E-state index contributed by atoms with van der Waals surface area (Å²) in [7, 11) is 1.43. The molecule has 1 aliphatic heterocycles. The summed E-state index contributed by atoms with van der Waals surface area (Å²) in [4.78, 5) is 30.0. The molecular weight excluding hydrogens is 466 g/mol. The fourth-order valence-electron chi connectivity index (χ4n) is 4.76. The summed E-state index contributed by atoms with van der Waals surface area (Å²) < 4.78 is 10.6. The molecule has 0 saturated carbocycles. The highest BCUT2D eigenvalue weighted by atomic mass is 16.5. The Morgan fingerprint density at radius 1 is 0.838 bits per heavy atom. The lowest BCUT2D eigenvalue weighted by atomic mass is 10.0. The van der Waals surface area contributed by atoms with Gasteiger partial charge in [-0.1, -0.05) is 48.5 Å². The molecule has 4 aromatic rings. The van der Waals surface area contributed by atoms with Crippen LogP contribution in [0, 0.1) is 0 Å². The Hall–Kier alpha value is -4.36. The van der Waals surface area contributed by atoms with Gasteiger partial charge in [0.15, 0.2) is 0 Å². The number of furan rings is 1. The minimum absolute atomic E-state index is 0.192. The first-order valence-corrected chi connectivity index (χ1v) is 12.3. The number of rotatable bonds is 7. The van der Waals surface area contributed by atoms with Crippen LogP contribution in [0.15, 0.2) is 102 Å². The van der Waals surface area contributed by atoms with Crippen LogP contribution in [-0.2, 0) is 9.53 Å². The first-order chi connectivity index (χ1) is 18.1. The predicted octanol–water partition coefficient (Wildman–Crippen LogP) is 5.24. The normalized spacial score (nSPS) is 14.7. The van der Waals surface area contributed by atoms with Crippen LogP contribution in [0.1, 0.15) is 22.0 Å².